The third-order valence-electron chi connectivity index (χ3n) is 5.21. The molecule has 0 saturated carbocycles. The molecule has 0 radical (unpaired) electrons. The Labute approximate surface area is 218 Å². The van der Waals surface area contributed by atoms with Gasteiger partial charge in [0.1, 0.15) is 13.2 Å². The molecule has 37 heavy (non-hydrogen) atoms. The van der Waals surface area contributed by atoms with Gasteiger partial charge in [-0.25, -0.2) is 9.59 Å². The van der Waals surface area contributed by atoms with Crippen LogP contribution in [0.3, 0.4) is 0 Å². The second-order valence-corrected chi connectivity index (χ2v) is 10.5. The number of halogens is 6. The zero-order valence-electron chi connectivity index (χ0n) is 20.4. The average molecular weight is 567 g/mol. The van der Waals surface area contributed by atoms with Crippen molar-refractivity contribution in [1.29, 1.82) is 0 Å². The molecule has 0 atom stereocenters. The van der Waals surface area contributed by atoms with E-state index in [1.165, 1.54) is 27.0 Å². The molecule has 202 valence electrons. The van der Waals surface area contributed by atoms with E-state index in [1.54, 1.807) is 0 Å². The van der Waals surface area contributed by atoms with Crippen LogP contribution in [0, 0.1) is 6.92 Å². The summed E-state index contributed by atoms with van der Waals surface area (Å²) in [6, 6.07) is 1.01. The fourth-order valence-corrected chi connectivity index (χ4v) is 4.70. The molecular formula is C25H24F6O4S2. The molecule has 0 unspecified atom stereocenters. The first-order chi connectivity index (χ1) is 16.9. The monoisotopic (exact) mass is 566 g/mol. The molecule has 0 aliphatic heterocycles. The van der Waals surface area contributed by atoms with Crippen molar-refractivity contribution in [3.63, 3.8) is 0 Å². The maximum atomic E-state index is 15.0. The van der Waals surface area contributed by atoms with Gasteiger partial charge in [0.25, 0.3) is 0 Å². The van der Waals surface area contributed by atoms with Gasteiger partial charge in [0.05, 0.1) is 0 Å². The summed E-state index contributed by atoms with van der Waals surface area (Å²) in [5.41, 5.74) is -4.42. The van der Waals surface area contributed by atoms with Crippen molar-refractivity contribution in [3.05, 3.63) is 74.4 Å². The molecule has 0 spiro atoms. The Hall–Kier alpha value is -2.73. The molecule has 2 rings (SSSR count). The molecule has 1 aromatic rings. The van der Waals surface area contributed by atoms with E-state index in [9.17, 15) is 27.2 Å². The summed E-state index contributed by atoms with van der Waals surface area (Å²) in [5.74, 6) is -17.9. The van der Waals surface area contributed by atoms with Crippen LogP contribution in [0.1, 0.15) is 29.2 Å². The fraction of sp³-hybridized carbons (Fsp3) is 0.360. The first-order valence-electron chi connectivity index (χ1n) is 10.5. The van der Waals surface area contributed by atoms with Gasteiger partial charge < -0.3 is 9.47 Å². The van der Waals surface area contributed by atoms with Crippen LogP contribution in [-0.4, -0.2) is 42.6 Å². The number of alkyl halides is 6. The lowest BCUT2D eigenvalue weighted by molar-refractivity contribution is -0.259. The van der Waals surface area contributed by atoms with Gasteiger partial charge in [-0.3, -0.25) is 0 Å². The van der Waals surface area contributed by atoms with Crippen molar-refractivity contribution < 1.29 is 45.4 Å². The number of thiophene rings is 1. The van der Waals surface area contributed by atoms with Crippen molar-refractivity contribution in [2.24, 2.45) is 0 Å². The minimum absolute atomic E-state index is 0.0271. The molecule has 1 aliphatic carbocycles. The lowest BCUT2D eigenvalue weighted by Gasteiger charge is -2.26. The highest BCUT2D eigenvalue weighted by Crippen LogP contribution is 2.64. The molecule has 1 heterocycles. The molecule has 1 aromatic heterocycles. The predicted molar refractivity (Wildman–Crippen MR) is 132 cm³/mol. The largest absolute Gasteiger partial charge is 0.457 e. The molecule has 0 N–H and O–H groups in total. The summed E-state index contributed by atoms with van der Waals surface area (Å²) in [4.78, 5) is 23.6. The molecule has 12 heteroatoms. The van der Waals surface area contributed by atoms with Crippen molar-refractivity contribution >= 4 is 40.6 Å². The minimum Gasteiger partial charge on any atom is -0.457 e. The van der Waals surface area contributed by atoms with E-state index in [0.717, 1.165) is 35.2 Å². The summed E-state index contributed by atoms with van der Waals surface area (Å²) < 4.78 is 98.9. The van der Waals surface area contributed by atoms with E-state index in [-0.39, 0.29) is 25.8 Å². The van der Waals surface area contributed by atoms with Crippen molar-refractivity contribution in [2.45, 2.75) is 45.1 Å². The Bertz CT molecular complexity index is 1220. The molecule has 1 aliphatic rings. The molecule has 0 bridgehead atoms. The predicted octanol–water partition coefficient (Wildman–Crippen LogP) is 7.27. The van der Waals surface area contributed by atoms with E-state index >= 15 is 8.78 Å². The Morgan fingerprint density at radius 2 is 1.54 bits per heavy atom. The van der Waals surface area contributed by atoms with Crippen molar-refractivity contribution in [3.8, 4) is 0 Å². The lowest BCUT2D eigenvalue weighted by Crippen LogP contribution is -2.49. The normalized spacial score (nSPS) is 17.9. The first-order valence-corrected chi connectivity index (χ1v) is 12.5. The topological polar surface area (TPSA) is 52.6 Å². The van der Waals surface area contributed by atoms with Crippen LogP contribution in [0.4, 0.5) is 26.3 Å². The van der Waals surface area contributed by atoms with Gasteiger partial charge in [0.2, 0.25) is 0 Å². The van der Waals surface area contributed by atoms with Gasteiger partial charge in [-0.2, -0.15) is 26.3 Å². The Balaban J connectivity index is 2.63. The highest BCUT2D eigenvalue weighted by atomic mass is 32.2. The van der Waals surface area contributed by atoms with Gasteiger partial charge in [-0.1, -0.05) is 19.7 Å². The maximum absolute atomic E-state index is 15.0. The Morgan fingerprint density at radius 1 is 1.00 bits per heavy atom. The fourth-order valence-electron chi connectivity index (χ4n) is 3.30. The number of thioether (sulfide) groups is 1. The zero-order valence-corrected chi connectivity index (χ0v) is 22.0. The highest BCUT2D eigenvalue weighted by Gasteiger charge is 2.80. The van der Waals surface area contributed by atoms with Gasteiger partial charge in [-0.15, -0.1) is 23.1 Å². The minimum atomic E-state index is -5.76. The van der Waals surface area contributed by atoms with Crippen LogP contribution in [0.5, 0.6) is 0 Å². The number of hydrogen-bond donors (Lipinski definition) is 0. The summed E-state index contributed by atoms with van der Waals surface area (Å²) in [6.07, 6.45) is 2.38. The SMILES string of the molecule is C=C(C)C(=O)OC/C(=C/C(=C)C1=C(c2cc(COC(=O)C(=C)C)sc2C)C(F)(F)C(F)(F)C1(F)F)SC. The van der Waals surface area contributed by atoms with Gasteiger partial charge in [0, 0.05) is 37.0 Å². The summed E-state index contributed by atoms with van der Waals surface area (Å²) >= 11 is 1.75. The number of carbonyl (C=O) groups is 2. The summed E-state index contributed by atoms with van der Waals surface area (Å²) in [7, 11) is 0. The Morgan fingerprint density at radius 3 is 2.05 bits per heavy atom. The van der Waals surface area contributed by atoms with Crippen LogP contribution in [0.2, 0.25) is 0 Å². The number of rotatable bonds is 10. The second kappa shape index (κ2) is 10.9. The molecule has 0 saturated heterocycles. The van der Waals surface area contributed by atoms with Gasteiger partial charge in [0.15, 0.2) is 0 Å². The summed E-state index contributed by atoms with van der Waals surface area (Å²) in [5, 5.41) is 0. The number of ether oxygens (including phenoxy) is 2. The highest BCUT2D eigenvalue weighted by molar-refractivity contribution is 8.02. The first kappa shape index (κ1) is 30.5. The number of esters is 2. The Kier molecular flexibility index (Phi) is 9.02. The standard InChI is InChI=1S/C25H24F6O4S2/c1-12(2)21(32)34-10-16(36-7)8-14(5)19-20(24(28,29)25(30,31)23(19,26)27)18-9-17(37-15(18)6)11-35-22(33)13(3)4/h8-9H,1,3,5,10-11H2,2,4,6-7H3/b16-8-. The summed E-state index contributed by atoms with van der Waals surface area (Å²) in [6.45, 7) is 13.4. The average Bonchev–Trinajstić information content (AvgIpc) is 3.20. The van der Waals surface area contributed by atoms with Crippen molar-refractivity contribution in [2.75, 3.05) is 12.9 Å². The van der Waals surface area contributed by atoms with E-state index in [2.05, 4.69) is 19.7 Å². The van der Waals surface area contributed by atoms with E-state index in [0.29, 0.717) is 0 Å². The van der Waals surface area contributed by atoms with Crippen LogP contribution >= 0.6 is 23.1 Å². The molecule has 0 amide bonds. The molecule has 0 fully saturated rings. The van der Waals surface area contributed by atoms with Crippen LogP contribution in [0.25, 0.3) is 5.57 Å². The van der Waals surface area contributed by atoms with Crippen molar-refractivity contribution in [1.82, 2.24) is 0 Å². The second-order valence-electron chi connectivity index (χ2n) is 8.21. The number of carbonyl (C=O) groups excluding carboxylic acids is 2. The number of allylic oxidation sites excluding steroid dienone is 4. The van der Waals surface area contributed by atoms with E-state index in [4.69, 9.17) is 9.47 Å². The lowest BCUT2D eigenvalue weighted by atomic mass is 9.95. The molecule has 0 aromatic carbocycles. The zero-order chi connectivity index (χ0) is 28.5. The third-order valence-corrected chi connectivity index (χ3v) is 7.00. The van der Waals surface area contributed by atoms with Crippen LogP contribution < -0.4 is 0 Å². The van der Waals surface area contributed by atoms with Crippen LogP contribution in [0.15, 0.2) is 59.1 Å². The van der Waals surface area contributed by atoms with E-state index < -0.39 is 65.2 Å². The molecule has 4 nitrogen and oxygen atoms in total. The maximum Gasteiger partial charge on any atom is 0.380 e. The van der Waals surface area contributed by atoms with Crippen LogP contribution in [-0.2, 0) is 25.7 Å². The van der Waals surface area contributed by atoms with Gasteiger partial charge >= 0.3 is 29.7 Å². The molecular weight excluding hydrogens is 542 g/mol. The number of hydrogen-bond acceptors (Lipinski definition) is 6. The number of aryl methyl sites for hydroxylation is 1. The smallest absolute Gasteiger partial charge is 0.380 e. The third kappa shape index (κ3) is 5.74. The van der Waals surface area contributed by atoms with Gasteiger partial charge in [-0.05, 0) is 50.3 Å². The quantitative estimate of drug-likeness (QED) is 0.129. The van der Waals surface area contributed by atoms with E-state index in [1.807, 2.05) is 0 Å².